The van der Waals surface area contributed by atoms with Gasteiger partial charge in [-0.15, -0.1) is 11.3 Å². The number of carbonyl (C=O) groups excluding carboxylic acids is 1. The minimum atomic E-state index is -0.196. The maximum Gasteiger partial charge on any atom is 0.275 e. The van der Waals surface area contributed by atoms with Crippen molar-refractivity contribution >= 4 is 17.2 Å². The minimum absolute atomic E-state index is 0.196. The summed E-state index contributed by atoms with van der Waals surface area (Å²) in [6, 6.07) is 2.64. The summed E-state index contributed by atoms with van der Waals surface area (Å²) in [7, 11) is 0. The molecule has 0 spiro atoms. The Morgan fingerprint density at radius 3 is 2.86 bits per heavy atom. The van der Waals surface area contributed by atoms with Crippen molar-refractivity contribution < 1.29 is 4.79 Å². The van der Waals surface area contributed by atoms with E-state index < -0.39 is 0 Å². The Morgan fingerprint density at radius 2 is 2.24 bits per heavy atom. The van der Waals surface area contributed by atoms with Crippen molar-refractivity contribution in [2.75, 3.05) is 19.6 Å². The van der Waals surface area contributed by atoms with Gasteiger partial charge in [0.1, 0.15) is 0 Å². The standard InChI is InChI=1S/C15H26N4OS/c1-3-8-19(13-4-6-17-7-5-13)10-12-9-14(15(20)18-16)21-11(12)2/h9,13,17H,3-8,10,16H2,1-2H3,(H,18,20). The van der Waals surface area contributed by atoms with E-state index in [-0.39, 0.29) is 5.91 Å². The van der Waals surface area contributed by atoms with Gasteiger partial charge in [-0.25, -0.2) is 5.84 Å². The molecule has 1 aromatic heterocycles. The number of amides is 1. The lowest BCUT2D eigenvalue weighted by atomic mass is 10.0. The molecule has 0 aromatic carbocycles. The average Bonchev–Trinajstić information content (AvgIpc) is 2.88. The van der Waals surface area contributed by atoms with Crippen LogP contribution in [0.25, 0.3) is 0 Å². The van der Waals surface area contributed by atoms with E-state index in [1.165, 1.54) is 34.6 Å². The predicted molar refractivity (Wildman–Crippen MR) is 87.3 cm³/mol. The number of hydrogen-bond donors (Lipinski definition) is 3. The van der Waals surface area contributed by atoms with Crippen LogP contribution in [0.5, 0.6) is 0 Å². The van der Waals surface area contributed by atoms with E-state index in [1.54, 1.807) is 0 Å². The van der Waals surface area contributed by atoms with Gasteiger partial charge in [-0.2, -0.15) is 0 Å². The summed E-state index contributed by atoms with van der Waals surface area (Å²) in [6.45, 7) is 8.56. The molecule has 1 fully saturated rings. The van der Waals surface area contributed by atoms with Crippen molar-refractivity contribution in [2.45, 2.75) is 45.7 Å². The molecule has 1 aliphatic heterocycles. The third kappa shape index (κ3) is 4.26. The first-order valence-electron chi connectivity index (χ1n) is 7.70. The van der Waals surface area contributed by atoms with Crippen molar-refractivity contribution in [3.63, 3.8) is 0 Å². The molecule has 1 aromatic rings. The Kier molecular flexibility index (Phi) is 6.17. The summed E-state index contributed by atoms with van der Waals surface area (Å²) in [5, 5.41) is 3.42. The molecule has 0 bridgehead atoms. The summed E-state index contributed by atoms with van der Waals surface area (Å²) in [5.74, 6) is 5.02. The summed E-state index contributed by atoms with van der Waals surface area (Å²) >= 11 is 1.52. The monoisotopic (exact) mass is 310 g/mol. The van der Waals surface area contributed by atoms with E-state index in [9.17, 15) is 4.79 Å². The zero-order chi connectivity index (χ0) is 15.2. The predicted octanol–water partition coefficient (Wildman–Crippen LogP) is 1.62. The van der Waals surface area contributed by atoms with E-state index in [4.69, 9.17) is 5.84 Å². The van der Waals surface area contributed by atoms with Crippen LogP contribution in [0.1, 0.15) is 46.3 Å². The normalized spacial score (nSPS) is 16.4. The second-order valence-electron chi connectivity index (χ2n) is 5.62. The zero-order valence-electron chi connectivity index (χ0n) is 12.9. The highest BCUT2D eigenvalue weighted by Crippen LogP contribution is 2.25. The number of thiophene rings is 1. The Morgan fingerprint density at radius 1 is 1.52 bits per heavy atom. The van der Waals surface area contributed by atoms with Crippen LogP contribution in [0, 0.1) is 6.92 Å². The molecule has 0 atom stereocenters. The van der Waals surface area contributed by atoms with Crippen molar-refractivity contribution in [1.29, 1.82) is 0 Å². The lowest BCUT2D eigenvalue weighted by Gasteiger charge is -2.34. The number of aryl methyl sites for hydroxylation is 1. The first-order chi connectivity index (χ1) is 10.2. The Hall–Kier alpha value is -0.950. The number of nitrogens with zero attached hydrogens (tertiary/aromatic N) is 1. The molecule has 2 heterocycles. The van der Waals surface area contributed by atoms with Crippen molar-refractivity contribution in [1.82, 2.24) is 15.6 Å². The zero-order valence-corrected chi connectivity index (χ0v) is 13.8. The minimum Gasteiger partial charge on any atom is -0.317 e. The number of nitrogens with one attached hydrogen (secondary N) is 2. The second-order valence-corrected chi connectivity index (χ2v) is 6.87. The van der Waals surface area contributed by atoms with Gasteiger partial charge < -0.3 is 5.32 Å². The molecule has 2 rings (SSSR count). The molecule has 0 aliphatic carbocycles. The van der Waals surface area contributed by atoms with Crippen LogP contribution in [-0.4, -0.2) is 36.5 Å². The largest absolute Gasteiger partial charge is 0.317 e. The molecule has 0 unspecified atom stereocenters. The van der Waals surface area contributed by atoms with Crippen LogP contribution >= 0.6 is 11.3 Å². The Labute approximate surface area is 130 Å². The van der Waals surface area contributed by atoms with Crippen molar-refractivity contribution in [2.24, 2.45) is 5.84 Å². The van der Waals surface area contributed by atoms with Gasteiger partial charge in [-0.1, -0.05) is 6.92 Å². The maximum absolute atomic E-state index is 11.6. The molecule has 21 heavy (non-hydrogen) atoms. The molecule has 1 aliphatic rings. The van der Waals surface area contributed by atoms with Crippen LogP contribution < -0.4 is 16.6 Å². The molecule has 1 saturated heterocycles. The molecular weight excluding hydrogens is 284 g/mol. The van der Waals surface area contributed by atoms with E-state index >= 15 is 0 Å². The number of rotatable bonds is 6. The van der Waals surface area contributed by atoms with E-state index in [2.05, 4.69) is 29.5 Å². The number of nitrogens with two attached hydrogens (primary N) is 1. The van der Waals surface area contributed by atoms with Gasteiger partial charge in [0.2, 0.25) is 0 Å². The van der Waals surface area contributed by atoms with Gasteiger partial charge in [0.25, 0.3) is 5.91 Å². The first-order valence-corrected chi connectivity index (χ1v) is 8.52. The average molecular weight is 310 g/mol. The van der Waals surface area contributed by atoms with E-state index in [0.29, 0.717) is 10.9 Å². The highest BCUT2D eigenvalue weighted by Gasteiger charge is 2.22. The number of hydrazine groups is 1. The van der Waals surface area contributed by atoms with Crippen molar-refractivity contribution in [3.05, 3.63) is 21.4 Å². The molecule has 118 valence electrons. The quantitative estimate of drug-likeness (QED) is 0.424. The molecule has 0 radical (unpaired) electrons. The molecule has 1 amide bonds. The molecule has 6 heteroatoms. The number of piperidine rings is 1. The fourth-order valence-corrected chi connectivity index (χ4v) is 3.87. The lowest BCUT2D eigenvalue weighted by molar-refractivity contribution is 0.0957. The van der Waals surface area contributed by atoms with Crippen molar-refractivity contribution in [3.8, 4) is 0 Å². The van der Waals surface area contributed by atoms with Gasteiger partial charge >= 0.3 is 0 Å². The summed E-state index contributed by atoms with van der Waals surface area (Å²) in [5.41, 5.74) is 3.47. The summed E-state index contributed by atoms with van der Waals surface area (Å²) < 4.78 is 0. The van der Waals surface area contributed by atoms with E-state index in [1.807, 2.05) is 6.07 Å². The topological polar surface area (TPSA) is 70.4 Å². The van der Waals surface area contributed by atoms with Crippen LogP contribution in [0.15, 0.2) is 6.07 Å². The Bertz CT molecular complexity index is 468. The van der Waals surface area contributed by atoms with Gasteiger partial charge in [0.15, 0.2) is 0 Å². The van der Waals surface area contributed by atoms with Gasteiger partial charge in [-0.3, -0.25) is 15.1 Å². The van der Waals surface area contributed by atoms with Gasteiger partial charge in [0.05, 0.1) is 4.88 Å². The third-order valence-corrected chi connectivity index (χ3v) is 5.18. The van der Waals surface area contributed by atoms with Crippen LogP contribution in [-0.2, 0) is 6.54 Å². The highest BCUT2D eigenvalue weighted by molar-refractivity contribution is 7.14. The number of hydrogen-bond acceptors (Lipinski definition) is 5. The van der Waals surface area contributed by atoms with E-state index in [0.717, 1.165) is 32.6 Å². The number of nitrogen functional groups attached to an aromatic ring is 1. The molecule has 4 N–H and O–H groups in total. The maximum atomic E-state index is 11.6. The molecule has 5 nitrogen and oxygen atoms in total. The van der Waals surface area contributed by atoms with Crippen LogP contribution in [0.4, 0.5) is 0 Å². The molecule has 0 saturated carbocycles. The van der Waals surface area contributed by atoms with Gasteiger partial charge in [0, 0.05) is 17.5 Å². The smallest absolute Gasteiger partial charge is 0.275 e. The molecular formula is C15H26N4OS. The highest BCUT2D eigenvalue weighted by atomic mass is 32.1. The van der Waals surface area contributed by atoms with Crippen LogP contribution in [0.2, 0.25) is 0 Å². The third-order valence-electron chi connectivity index (χ3n) is 4.08. The SMILES string of the molecule is CCCN(Cc1cc(C(=O)NN)sc1C)C1CCNCC1. The Balaban J connectivity index is 2.08. The summed E-state index contributed by atoms with van der Waals surface area (Å²) in [4.78, 5) is 16.1. The van der Waals surface area contributed by atoms with Crippen LogP contribution in [0.3, 0.4) is 0 Å². The fourth-order valence-electron chi connectivity index (χ4n) is 2.93. The first kappa shape index (κ1) is 16.4. The fraction of sp³-hybridized carbons (Fsp3) is 0.667. The second kappa shape index (κ2) is 7.89. The van der Waals surface area contributed by atoms with Gasteiger partial charge in [-0.05, 0) is 57.5 Å². The lowest BCUT2D eigenvalue weighted by Crippen LogP contribution is -2.43. The number of carbonyl (C=O) groups is 1. The summed E-state index contributed by atoms with van der Waals surface area (Å²) in [6.07, 6.45) is 3.57.